The van der Waals surface area contributed by atoms with Crippen LogP contribution in [0.5, 0.6) is 46.0 Å². The molecule has 0 radical (unpaired) electrons. The van der Waals surface area contributed by atoms with E-state index in [4.69, 9.17) is 37.9 Å². The van der Waals surface area contributed by atoms with Crippen molar-refractivity contribution < 1.29 is 57.1 Å². The summed E-state index contributed by atoms with van der Waals surface area (Å²) in [6.07, 6.45) is 2.16. The molecule has 0 fully saturated rings. The molecule has 0 saturated carbocycles. The Labute approximate surface area is 304 Å². The normalized spacial score (nSPS) is 10.7. The van der Waals surface area contributed by atoms with E-state index >= 15 is 0 Å². The van der Waals surface area contributed by atoms with Crippen molar-refractivity contribution >= 4 is 36.2 Å². The van der Waals surface area contributed by atoms with E-state index in [0.29, 0.717) is 45.6 Å². The van der Waals surface area contributed by atoms with Crippen LogP contribution in [0.15, 0.2) is 83.0 Å². The van der Waals surface area contributed by atoms with Crippen molar-refractivity contribution in [2.24, 2.45) is 10.2 Å². The highest BCUT2D eigenvalue weighted by Crippen LogP contribution is 2.39. The fourth-order valence-electron chi connectivity index (χ4n) is 4.56. The van der Waals surface area contributed by atoms with Gasteiger partial charge in [-0.05, 0) is 83.9 Å². The number of nitrogens with one attached hydrogen (secondary N) is 2. The molecule has 53 heavy (non-hydrogen) atoms. The molecule has 4 rings (SSSR count). The Morgan fingerprint density at radius 1 is 0.509 bits per heavy atom. The Morgan fingerprint density at radius 3 is 1.11 bits per heavy atom. The molecule has 0 aromatic heterocycles. The van der Waals surface area contributed by atoms with Gasteiger partial charge in [-0.25, -0.2) is 20.4 Å². The fraction of sp³-hybridized carbons (Fsp3) is 0.189. The largest absolute Gasteiger partial charge is 0.493 e. The van der Waals surface area contributed by atoms with Crippen molar-refractivity contribution in [1.82, 2.24) is 10.9 Å². The Morgan fingerprint density at radius 2 is 0.830 bits per heavy atom. The van der Waals surface area contributed by atoms with Crippen LogP contribution in [0.25, 0.3) is 0 Å². The summed E-state index contributed by atoms with van der Waals surface area (Å²) < 4.78 is 42.5. The number of hydrogen-bond donors (Lipinski definition) is 2. The number of rotatable bonds is 16. The predicted molar refractivity (Wildman–Crippen MR) is 191 cm³/mol. The van der Waals surface area contributed by atoms with E-state index in [1.54, 1.807) is 48.5 Å². The first-order valence-electron chi connectivity index (χ1n) is 15.5. The lowest BCUT2D eigenvalue weighted by molar-refractivity contribution is -0.129. The third-order valence-electron chi connectivity index (χ3n) is 7.11. The minimum absolute atomic E-state index is 0.187. The van der Waals surface area contributed by atoms with Crippen molar-refractivity contribution in [2.45, 2.75) is 6.42 Å². The second kappa shape index (κ2) is 18.8. The second-order valence-corrected chi connectivity index (χ2v) is 10.5. The summed E-state index contributed by atoms with van der Waals surface area (Å²) in [6, 6.07) is 18.5. The Kier molecular flexibility index (Phi) is 13.7. The van der Waals surface area contributed by atoms with Gasteiger partial charge in [-0.3, -0.25) is 9.59 Å². The maximum absolute atomic E-state index is 12.7. The first-order chi connectivity index (χ1) is 25.6. The monoisotopic (exact) mass is 728 g/mol. The van der Waals surface area contributed by atoms with Crippen LogP contribution in [0.2, 0.25) is 0 Å². The third kappa shape index (κ3) is 10.5. The number of methoxy groups -OCH3 is 6. The Hall–Kier alpha value is -7.10. The zero-order valence-electron chi connectivity index (χ0n) is 29.6. The molecule has 16 nitrogen and oxygen atoms in total. The van der Waals surface area contributed by atoms with Crippen LogP contribution < -0.4 is 48.7 Å². The highest BCUT2D eigenvalue weighted by Gasteiger charge is 2.20. The zero-order chi connectivity index (χ0) is 38.3. The Balaban J connectivity index is 1.21. The smallest absolute Gasteiger partial charge is 0.343 e. The second-order valence-electron chi connectivity index (χ2n) is 10.5. The van der Waals surface area contributed by atoms with Gasteiger partial charge < -0.3 is 37.9 Å². The minimum Gasteiger partial charge on any atom is -0.493 e. The quantitative estimate of drug-likeness (QED) is 0.0552. The van der Waals surface area contributed by atoms with Gasteiger partial charge in [0.2, 0.25) is 23.3 Å². The topological polar surface area (TPSA) is 191 Å². The number of esters is 2. The van der Waals surface area contributed by atoms with E-state index in [-0.39, 0.29) is 22.6 Å². The summed E-state index contributed by atoms with van der Waals surface area (Å²) in [5.74, 6) is -0.235. The lowest BCUT2D eigenvalue weighted by Crippen LogP contribution is -2.27. The predicted octanol–water partition coefficient (Wildman–Crippen LogP) is 4.17. The summed E-state index contributed by atoms with van der Waals surface area (Å²) in [6.45, 7) is 0. The molecule has 0 aliphatic rings. The maximum atomic E-state index is 12.7. The molecule has 0 unspecified atom stereocenters. The van der Waals surface area contributed by atoms with Crippen LogP contribution in [0.4, 0.5) is 0 Å². The van der Waals surface area contributed by atoms with E-state index in [1.807, 2.05) is 0 Å². The van der Waals surface area contributed by atoms with Crippen LogP contribution in [-0.4, -0.2) is 78.8 Å². The molecule has 2 amide bonds. The fourth-order valence-corrected chi connectivity index (χ4v) is 4.56. The lowest BCUT2D eigenvalue weighted by atomic mass is 10.2. The average molecular weight is 729 g/mol. The van der Waals surface area contributed by atoms with E-state index in [2.05, 4.69) is 21.1 Å². The van der Waals surface area contributed by atoms with Crippen molar-refractivity contribution in [2.75, 3.05) is 42.7 Å². The van der Waals surface area contributed by atoms with Gasteiger partial charge in [-0.15, -0.1) is 0 Å². The summed E-state index contributed by atoms with van der Waals surface area (Å²) in [5, 5.41) is 7.69. The summed E-state index contributed by atoms with van der Waals surface area (Å²) in [5.41, 5.74) is 6.05. The van der Waals surface area contributed by atoms with Crippen LogP contribution in [0.1, 0.15) is 38.3 Å². The van der Waals surface area contributed by atoms with Crippen molar-refractivity contribution in [1.29, 1.82) is 0 Å². The van der Waals surface area contributed by atoms with Gasteiger partial charge in [0.25, 0.3) is 0 Å². The van der Waals surface area contributed by atoms with Gasteiger partial charge in [-0.2, -0.15) is 10.2 Å². The van der Waals surface area contributed by atoms with Gasteiger partial charge in [0.1, 0.15) is 17.9 Å². The standard InChI is InChI=1S/C37H36N4O12/c1-46-28-15-24(16-29(47-2)34(28)50-5)36(44)52-26-11-7-22(8-12-26)20-38-40-32(42)19-33(43)41-39-21-23-9-13-27(14-10-23)53-37(45)25-17-30(48-3)35(51-6)31(18-25)49-4/h7-18,20-21H,19H2,1-6H3,(H,40,42)(H,41,43). The summed E-state index contributed by atoms with van der Waals surface area (Å²) in [4.78, 5) is 49.8. The number of carbonyl (C=O) groups is 4. The number of benzene rings is 4. The molecular formula is C37H36N4O12. The SMILES string of the molecule is COc1cc(C(=O)Oc2ccc(C=NNC(=O)CC(=O)NN=Cc3ccc(OC(=O)c4cc(OC)c(OC)c(OC)c4)cc3)cc2)cc(OC)c1OC. The highest BCUT2D eigenvalue weighted by molar-refractivity contribution is 5.98. The molecule has 0 heterocycles. The van der Waals surface area contributed by atoms with Crippen LogP contribution in [-0.2, 0) is 9.59 Å². The van der Waals surface area contributed by atoms with E-state index < -0.39 is 30.2 Å². The molecule has 0 saturated heterocycles. The number of hydrogen-bond acceptors (Lipinski definition) is 14. The molecular weight excluding hydrogens is 692 g/mol. The van der Waals surface area contributed by atoms with Gasteiger partial charge in [0.05, 0.1) is 66.2 Å². The van der Waals surface area contributed by atoms with Crippen molar-refractivity contribution in [3.8, 4) is 46.0 Å². The van der Waals surface area contributed by atoms with Crippen LogP contribution in [0.3, 0.4) is 0 Å². The number of carbonyl (C=O) groups excluding carboxylic acids is 4. The molecule has 276 valence electrons. The first kappa shape index (κ1) is 38.7. The number of nitrogens with zero attached hydrogens (tertiary/aromatic N) is 2. The van der Waals surface area contributed by atoms with Crippen molar-refractivity contribution in [3.05, 3.63) is 95.1 Å². The van der Waals surface area contributed by atoms with E-state index in [1.165, 1.54) is 79.4 Å². The summed E-state index contributed by atoms with van der Waals surface area (Å²) >= 11 is 0. The molecule has 0 aliphatic heterocycles. The molecule has 4 aromatic carbocycles. The lowest BCUT2D eigenvalue weighted by Gasteiger charge is -2.13. The summed E-state index contributed by atoms with van der Waals surface area (Å²) in [7, 11) is 8.67. The highest BCUT2D eigenvalue weighted by atomic mass is 16.6. The van der Waals surface area contributed by atoms with Gasteiger partial charge in [-0.1, -0.05) is 0 Å². The first-order valence-corrected chi connectivity index (χ1v) is 15.5. The van der Waals surface area contributed by atoms with Gasteiger partial charge in [0, 0.05) is 0 Å². The molecule has 0 bridgehead atoms. The molecule has 4 aromatic rings. The van der Waals surface area contributed by atoms with E-state index in [0.717, 1.165) is 0 Å². The Bertz CT molecular complexity index is 1800. The van der Waals surface area contributed by atoms with Crippen LogP contribution in [0, 0.1) is 0 Å². The molecule has 16 heteroatoms. The third-order valence-corrected chi connectivity index (χ3v) is 7.11. The van der Waals surface area contributed by atoms with Crippen molar-refractivity contribution in [3.63, 3.8) is 0 Å². The number of ether oxygens (including phenoxy) is 8. The molecule has 2 N–H and O–H groups in total. The molecule has 0 atom stereocenters. The number of amides is 2. The number of hydrazone groups is 2. The zero-order valence-corrected chi connectivity index (χ0v) is 29.6. The van der Waals surface area contributed by atoms with Gasteiger partial charge >= 0.3 is 11.9 Å². The maximum Gasteiger partial charge on any atom is 0.343 e. The van der Waals surface area contributed by atoms with Gasteiger partial charge in [0.15, 0.2) is 23.0 Å². The molecule has 0 aliphatic carbocycles. The minimum atomic E-state index is -0.678. The van der Waals surface area contributed by atoms with Crippen LogP contribution >= 0.6 is 0 Å². The van der Waals surface area contributed by atoms with E-state index in [9.17, 15) is 19.2 Å². The molecule has 0 spiro atoms. The average Bonchev–Trinajstić information content (AvgIpc) is 3.17.